The summed E-state index contributed by atoms with van der Waals surface area (Å²) in [4.78, 5) is 0. The van der Waals surface area contributed by atoms with E-state index in [0.29, 0.717) is 0 Å². The van der Waals surface area contributed by atoms with Gasteiger partial charge < -0.3 is 4.74 Å². The Labute approximate surface area is 119 Å². The first-order valence-corrected chi connectivity index (χ1v) is 6.59. The minimum absolute atomic E-state index is 0.890. The van der Waals surface area contributed by atoms with E-state index in [-0.39, 0.29) is 0 Å². The third-order valence-corrected chi connectivity index (χ3v) is 3.32. The minimum atomic E-state index is 0.890. The Morgan fingerprint density at radius 3 is 1.55 bits per heavy atom. The second kappa shape index (κ2) is 5.62. The molecule has 1 radical (unpaired) electrons. The molecule has 0 aliphatic carbocycles. The first-order chi connectivity index (χ1) is 9.90. The van der Waals surface area contributed by atoms with Crippen molar-refractivity contribution >= 4 is 0 Å². The van der Waals surface area contributed by atoms with Gasteiger partial charge in [0.15, 0.2) is 0 Å². The lowest BCUT2D eigenvalue weighted by molar-refractivity contribution is 0.418. The van der Waals surface area contributed by atoms with Crippen molar-refractivity contribution in [2.24, 2.45) is 0 Å². The van der Waals surface area contributed by atoms with Gasteiger partial charge in [-0.05, 0) is 29.3 Å². The van der Waals surface area contributed by atoms with Crippen LogP contribution in [-0.4, -0.2) is 7.11 Å². The van der Waals surface area contributed by atoms with Crippen LogP contribution in [0.25, 0.3) is 22.3 Å². The number of hydrogen-bond acceptors (Lipinski definition) is 1. The van der Waals surface area contributed by atoms with Gasteiger partial charge in [0.2, 0.25) is 0 Å². The van der Waals surface area contributed by atoms with Gasteiger partial charge in [0.05, 0.1) is 7.11 Å². The average Bonchev–Trinajstić information content (AvgIpc) is 2.55. The van der Waals surface area contributed by atoms with Crippen LogP contribution in [-0.2, 0) is 0 Å². The van der Waals surface area contributed by atoms with Gasteiger partial charge in [-0.25, -0.2) is 0 Å². The van der Waals surface area contributed by atoms with Gasteiger partial charge in [-0.15, -0.1) is 0 Å². The van der Waals surface area contributed by atoms with E-state index in [1.165, 1.54) is 0 Å². The fourth-order valence-electron chi connectivity index (χ4n) is 2.37. The van der Waals surface area contributed by atoms with E-state index < -0.39 is 0 Å². The number of rotatable bonds is 3. The zero-order valence-corrected chi connectivity index (χ0v) is 11.3. The molecule has 0 heterocycles. The monoisotopic (exact) mass is 259 g/mol. The van der Waals surface area contributed by atoms with E-state index in [2.05, 4.69) is 30.3 Å². The number of methoxy groups -OCH3 is 1. The summed E-state index contributed by atoms with van der Waals surface area (Å²) in [6, 6.07) is 27.7. The summed E-state index contributed by atoms with van der Waals surface area (Å²) in [6.45, 7) is 0. The normalized spacial score (nSPS) is 10.2. The van der Waals surface area contributed by atoms with Crippen LogP contribution >= 0.6 is 0 Å². The molecule has 0 amide bonds. The Bertz CT molecular complexity index is 630. The molecular weight excluding hydrogens is 244 g/mol. The quantitative estimate of drug-likeness (QED) is 0.654. The molecule has 1 heteroatoms. The van der Waals surface area contributed by atoms with Gasteiger partial charge in [-0.1, -0.05) is 60.7 Å². The fraction of sp³-hybridized carbons (Fsp3) is 0.0526. The summed E-state index contributed by atoms with van der Waals surface area (Å²) < 4.78 is 5.67. The summed E-state index contributed by atoms with van der Waals surface area (Å²) in [6.07, 6.45) is 0. The SMILES string of the molecule is COc1c(-c2ccccc2)c[c]cc1-c1ccccc1. The Hall–Kier alpha value is -2.54. The largest absolute Gasteiger partial charge is 0.495 e. The fourth-order valence-corrected chi connectivity index (χ4v) is 2.37. The minimum Gasteiger partial charge on any atom is -0.495 e. The summed E-state index contributed by atoms with van der Waals surface area (Å²) >= 11 is 0. The summed E-state index contributed by atoms with van der Waals surface area (Å²) in [7, 11) is 1.72. The lowest BCUT2D eigenvalue weighted by Crippen LogP contribution is -1.91. The van der Waals surface area contributed by atoms with Crippen LogP contribution in [0.3, 0.4) is 0 Å². The highest BCUT2D eigenvalue weighted by atomic mass is 16.5. The van der Waals surface area contributed by atoms with Gasteiger partial charge in [0, 0.05) is 11.1 Å². The van der Waals surface area contributed by atoms with E-state index in [0.717, 1.165) is 28.0 Å². The molecule has 97 valence electrons. The average molecular weight is 259 g/mol. The molecule has 0 fully saturated rings. The van der Waals surface area contributed by atoms with Gasteiger partial charge in [-0.2, -0.15) is 0 Å². The maximum atomic E-state index is 5.67. The van der Waals surface area contributed by atoms with Gasteiger partial charge in [-0.3, -0.25) is 0 Å². The van der Waals surface area contributed by atoms with Crippen LogP contribution in [0.15, 0.2) is 72.8 Å². The van der Waals surface area contributed by atoms with Crippen LogP contribution in [0.5, 0.6) is 5.75 Å². The number of hydrogen-bond donors (Lipinski definition) is 0. The Balaban J connectivity index is 2.19. The van der Waals surface area contributed by atoms with Crippen molar-refractivity contribution in [2.75, 3.05) is 7.11 Å². The number of benzene rings is 3. The second-order valence-corrected chi connectivity index (χ2v) is 4.55. The van der Waals surface area contributed by atoms with Crippen LogP contribution in [0, 0.1) is 6.07 Å². The van der Waals surface area contributed by atoms with E-state index in [9.17, 15) is 0 Å². The van der Waals surface area contributed by atoms with Crippen LogP contribution in [0.1, 0.15) is 0 Å². The molecule has 0 saturated heterocycles. The van der Waals surface area contributed by atoms with Gasteiger partial charge in [0.25, 0.3) is 0 Å². The molecule has 1 nitrogen and oxygen atoms in total. The van der Waals surface area contributed by atoms with Crippen LogP contribution in [0.4, 0.5) is 0 Å². The highest BCUT2D eigenvalue weighted by Gasteiger charge is 2.11. The molecule has 3 aromatic carbocycles. The molecule has 0 unspecified atom stereocenters. The summed E-state index contributed by atoms with van der Waals surface area (Å²) in [5.41, 5.74) is 4.40. The first kappa shape index (κ1) is 12.5. The molecule has 0 aliphatic heterocycles. The zero-order valence-electron chi connectivity index (χ0n) is 11.3. The first-order valence-electron chi connectivity index (χ1n) is 6.59. The van der Waals surface area contributed by atoms with Crippen molar-refractivity contribution in [1.82, 2.24) is 0 Å². The van der Waals surface area contributed by atoms with Crippen molar-refractivity contribution in [2.45, 2.75) is 0 Å². The Morgan fingerprint density at radius 1 is 0.700 bits per heavy atom. The third-order valence-electron chi connectivity index (χ3n) is 3.32. The predicted molar refractivity (Wildman–Crippen MR) is 82.7 cm³/mol. The maximum Gasteiger partial charge on any atom is 0.134 e. The van der Waals surface area contributed by atoms with E-state index >= 15 is 0 Å². The molecule has 3 aromatic rings. The number of ether oxygens (including phenoxy) is 1. The molecular formula is C19H15O. The molecule has 0 atom stereocenters. The summed E-state index contributed by atoms with van der Waals surface area (Å²) in [5, 5.41) is 0. The topological polar surface area (TPSA) is 9.23 Å². The maximum absolute atomic E-state index is 5.67. The lowest BCUT2D eigenvalue weighted by Gasteiger charge is -2.13. The van der Waals surface area contributed by atoms with Crippen molar-refractivity contribution in [3.63, 3.8) is 0 Å². The van der Waals surface area contributed by atoms with Gasteiger partial charge >= 0.3 is 0 Å². The zero-order chi connectivity index (χ0) is 13.8. The molecule has 0 spiro atoms. The standard InChI is InChI=1S/C19H15O/c1-20-19-17(15-9-4-2-5-10-15)13-8-14-18(19)16-11-6-3-7-12-16/h2-7,9-14H,1H3. The molecule has 3 rings (SSSR count). The van der Waals surface area contributed by atoms with Crippen molar-refractivity contribution < 1.29 is 4.74 Å². The molecule has 0 N–H and O–H groups in total. The van der Waals surface area contributed by atoms with E-state index in [4.69, 9.17) is 4.74 Å². The van der Waals surface area contributed by atoms with Crippen molar-refractivity contribution in [3.05, 3.63) is 78.9 Å². The van der Waals surface area contributed by atoms with Gasteiger partial charge in [0.1, 0.15) is 5.75 Å². The Morgan fingerprint density at radius 2 is 1.15 bits per heavy atom. The highest BCUT2D eigenvalue weighted by Crippen LogP contribution is 2.38. The molecule has 0 bridgehead atoms. The molecule has 0 aliphatic rings. The molecule has 0 aromatic heterocycles. The van der Waals surface area contributed by atoms with E-state index in [1.54, 1.807) is 7.11 Å². The lowest BCUT2D eigenvalue weighted by atomic mass is 9.97. The third kappa shape index (κ3) is 2.30. The van der Waals surface area contributed by atoms with Crippen LogP contribution < -0.4 is 4.74 Å². The highest BCUT2D eigenvalue weighted by molar-refractivity contribution is 5.82. The summed E-state index contributed by atoms with van der Waals surface area (Å²) in [5.74, 6) is 0.890. The second-order valence-electron chi connectivity index (χ2n) is 4.55. The molecule has 20 heavy (non-hydrogen) atoms. The smallest absolute Gasteiger partial charge is 0.134 e. The van der Waals surface area contributed by atoms with Crippen LogP contribution in [0.2, 0.25) is 0 Å². The van der Waals surface area contributed by atoms with E-state index in [1.807, 2.05) is 48.5 Å². The van der Waals surface area contributed by atoms with Crippen molar-refractivity contribution in [3.8, 4) is 28.0 Å². The Kier molecular flexibility index (Phi) is 3.51. The predicted octanol–water partition coefficient (Wildman–Crippen LogP) is 4.83. The molecule has 0 saturated carbocycles. The van der Waals surface area contributed by atoms with Crippen molar-refractivity contribution in [1.29, 1.82) is 0 Å².